The summed E-state index contributed by atoms with van der Waals surface area (Å²) in [6, 6.07) is 5.88. The summed E-state index contributed by atoms with van der Waals surface area (Å²) in [4.78, 5) is 15.1. The molecular weight excluding hydrogens is 338 g/mol. The highest BCUT2D eigenvalue weighted by Crippen LogP contribution is 2.42. The molecule has 0 amide bonds. The van der Waals surface area contributed by atoms with Crippen LogP contribution in [0.1, 0.15) is 45.7 Å². The summed E-state index contributed by atoms with van der Waals surface area (Å²) in [7, 11) is 0. The summed E-state index contributed by atoms with van der Waals surface area (Å²) in [5.74, 6) is -0.527. The van der Waals surface area contributed by atoms with Crippen LogP contribution in [0.5, 0.6) is 0 Å². The van der Waals surface area contributed by atoms with Gasteiger partial charge in [0.25, 0.3) is 0 Å². The molecule has 2 rings (SSSR count). The van der Waals surface area contributed by atoms with E-state index < -0.39 is 5.97 Å². The average Bonchev–Trinajstić information content (AvgIpc) is 2.61. The number of aromatic nitrogens is 1. The number of carboxylic acids is 1. The van der Waals surface area contributed by atoms with Gasteiger partial charge in [-0.2, -0.15) is 0 Å². The van der Waals surface area contributed by atoms with Gasteiger partial charge >= 0.3 is 5.97 Å². The van der Waals surface area contributed by atoms with Crippen LogP contribution in [0, 0.1) is 0 Å². The lowest BCUT2D eigenvalue weighted by Gasteiger charge is -2.35. The third kappa shape index (κ3) is 5.55. The van der Waals surface area contributed by atoms with Gasteiger partial charge in [-0.3, -0.25) is 4.98 Å². The maximum atomic E-state index is 10.6. The minimum absolute atomic E-state index is 0.309. The Morgan fingerprint density at radius 2 is 2.00 bits per heavy atom. The van der Waals surface area contributed by atoms with Crippen molar-refractivity contribution in [1.82, 2.24) is 4.98 Å². The standard InChI is InChI=1S/C23H27NO3/c1-17(8-6-9-18(2)16-22(26)27)12-13-19-20(25)10-7-14-23(19,3)21-11-4-5-15-24-21/h4-6,8-9,11-13,15-16,25H,7,10,14H2,1-3H3,(H,26,27)/b9-6+,13-12+,17-8+,18-16+/t23-/m0/s1. The van der Waals surface area contributed by atoms with Gasteiger partial charge < -0.3 is 10.2 Å². The zero-order valence-corrected chi connectivity index (χ0v) is 16.1. The maximum Gasteiger partial charge on any atom is 0.328 e. The summed E-state index contributed by atoms with van der Waals surface area (Å²) in [6.45, 7) is 5.84. The van der Waals surface area contributed by atoms with Gasteiger partial charge in [-0.05, 0) is 51.3 Å². The van der Waals surface area contributed by atoms with Crippen molar-refractivity contribution >= 4 is 5.97 Å². The Morgan fingerprint density at radius 1 is 1.22 bits per heavy atom. The van der Waals surface area contributed by atoms with Crippen molar-refractivity contribution in [1.29, 1.82) is 0 Å². The van der Waals surface area contributed by atoms with Crippen molar-refractivity contribution < 1.29 is 15.0 Å². The molecule has 4 nitrogen and oxygen atoms in total. The fraction of sp³-hybridized carbons (Fsp3) is 0.304. The van der Waals surface area contributed by atoms with Crippen LogP contribution in [0.4, 0.5) is 0 Å². The molecule has 0 radical (unpaired) electrons. The number of pyridine rings is 1. The van der Waals surface area contributed by atoms with Crippen molar-refractivity contribution in [3.05, 3.63) is 89.0 Å². The quantitative estimate of drug-likeness (QED) is 0.521. The number of aliphatic hydroxyl groups is 1. The fourth-order valence-electron chi connectivity index (χ4n) is 3.30. The Labute approximate surface area is 161 Å². The van der Waals surface area contributed by atoms with Crippen LogP contribution in [0.15, 0.2) is 83.3 Å². The van der Waals surface area contributed by atoms with E-state index in [0.717, 1.165) is 29.7 Å². The molecule has 1 heterocycles. The first-order valence-electron chi connectivity index (χ1n) is 9.11. The Bertz CT molecular complexity index is 828. The van der Waals surface area contributed by atoms with Gasteiger partial charge in [-0.15, -0.1) is 0 Å². The van der Waals surface area contributed by atoms with E-state index >= 15 is 0 Å². The van der Waals surface area contributed by atoms with E-state index in [1.165, 1.54) is 6.08 Å². The summed E-state index contributed by atoms with van der Waals surface area (Å²) in [5, 5.41) is 19.2. The second kappa shape index (κ2) is 9.17. The molecule has 1 aromatic rings. The minimum atomic E-state index is -0.953. The first kappa shape index (κ1) is 20.4. The predicted molar refractivity (Wildman–Crippen MR) is 109 cm³/mol. The van der Waals surface area contributed by atoms with Gasteiger partial charge in [0.2, 0.25) is 0 Å². The van der Waals surface area contributed by atoms with Gasteiger partial charge in [-0.1, -0.05) is 42.0 Å². The maximum absolute atomic E-state index is 10.6. The molecule has 0 fully saturated rings. The van der Waals surface area contributed by atoms with Crippen LogP contribution in [-0.2, 0) is 10.2 Å². The molecule has 0 spiro atoms. The number of carboxylic acid groups (broad SMARTS) is 1. The van der Waals surface area contributed by atoms with Gasteiger partial charge in [0.15, 0.2) is 0 Å². The highest BCUT2D eigenvalue weighted by atomic mass is 16.4. The van der Waals surface area contributed by atoms with Crippen molar-refractivity contribution in [2.75, 3.05) is 0 Å². The van der Waals surface area contributed by atoms with E-state index in [1.807, 2.05) is 49.4 Å². The predicted octanol–water partition coefficient (Wildman–Crippen LogP) is 5.42. The van der Waals surface area contributed by atoms with Gasteiger partial charge in [0.05, 0.1) is 11.5 Å². The molecule has 1 aliphatic rings. The van der Waals surface area contributed by atoms with Crippen molar-refractivity contribution in [3.63, 3.8) is 0 Å². The fourth-order valence-corrected chi connectivity index (χ4v) is 3.30. The zero-order valence-electron chi connectivity index (χ0n) is 16.1. The number of nitrogens with zero attached hydrogens (tertiary/aromatic N) is 1. The molecule has 1 aromatic heterocycles. The van der Waals surface area contributed by atoms with E-state index in [-0.39, 0.29) is 5.41 Å². The number of aliphatic carboxylic acids is 1. The van der Waals surface area contributed by atoms with Gasteiger partial charge in [0.1, 0.15) is 0 Å². The molecule has 2 N–H and O–H groups in total. The Hall–Kier alpha value is -2.88. The minimum Gasteiger partial charge on any atom is -0.512 e. The number of hydrogen-bond donors (Lipinski definition) is 2. The second-order valence-electron chi connectivity index (χ2n) is 7.09. The Kier molecular flexibility index (Phi) is 6.94. The van der Waals surface area contributed by atoms with Crippen LogP contribution < -0.4 is 0 Å². The van der Waals surface area contributed by atoms with E-state index in [0.29, 0.717) is 17.8 Å². The van der Waals surface area contributed by atoms with Crippen LogP contribution in [-0.4, -0.2) is 21.2 Å². The molecule has 0 unspecified atom stereocenters. The van der Waals surface area contributed by atoms with Crippen molar-refractivity contribution in [2.24, 2.45) is 0 Å². The average molecular weight is 365 g/mol. The van der Waals surface area contributed by atoms with E-state index in [1.54, 1.807) is 19.2 Å². The van der Waals surface area contributed by atoms with Crippen molar-refractivity contribution in [3.8, 4) is 0 Å². The lowest BCUT2D eigenvalue weighted by atomic mass is 9.70. The summed E-state index contributed by atoms with van der Waals surface area (Å²) in [6.07, 6.45) is 14.9. The Morgan fingerprint density at radius 3 is 2.67 bits per heavy atom. The molecule has 0 bridgehead atoms. The molecule has 1 atom stereocenters. The summed E-state index contributed by atoms with van der Waals surface area (Å²) < 4.78 is 0. The molecule has 0 aromatic carbocycles. The smallest absolute Gasteiger partial charge is 0.328 e. The molecule has 0 saturated heterocycles. The molecule has 142 valence electrons. The molecule has 27 heavy (non-hydrogen) atoms. The topological polar surface area (TPSA) is 70.4 Å². The SMILES string of the molecule is CC(/C=C/C1=C(O)CCC[C@]1(C)c1ccccn1)=C\C=C\C(C)=C\C(=O)O. The largest absolute Gasteiger partial charge is 0.512 e. The zero-order chi connectivity index (χ0) is 19.9. The Balaban J connectivity index is 2.23. The van der Waals surface area contributed by atoms with Crippen LogP contribution in [0.25, 0.3) is 0 Å². The number of allylic oxidation sites excluding steroid dienone is 9. The van der Waals surface area contributed by atoms with E-state index in [2.05, 4.69) is 11.9 Å². The second-order valence-corrected chi connectivity index (χ2v) is 7.09. The number of aliphatic hydroxyl groups excluding tert-OH is 1. The van der Waals surface area contributed by atoms with Crippen LogP contribution >= 0.6 is 0 Å². The van der Waals surface area contributed by atoms with Gasteiger partial charge in [-0.25, -0.2) is 4.79 Å². The highest BCUT2D eigenvalue weighted by molar-refractivity contribution is 5.81. The lowest BCUT2D eigenvalue weighted by Crippen LogP contribution is -2.29. The van der Waals surface area contributed by atoms with Crippen LogP contribution in [0.2, 0.25) is 0 Å². The monoisotopic (exact) mass is 365 g/mol. The number of carbonyl (C=O) groups is 1. The lowest BCUT2D eigenvalue weighted by molar-refractivity contribution is -0.131. The van der Waals surface area contributed by atoms with E-state index in [9.17, 15) is 9.90 Å². The first-order valence-corrected chi connectivity index (χ1v) is 9.11. The molecule has 1 aliphatic carbocycles. The summed E-state index contributed by atoms with van der Waals surface area (Å²) >= 11 is 0. The third-order valence-corrected chi connectivity index (χ3v) is 4.81. The van der Waals surface area contributed by atoms with E-state index in [4.69, 9.17) is 5.11 Å². The molecule has 4 heteroatoms. The normalized spacial score (nSPS) is 22.0. The van der Waals surface area contributed by atoms with Crippen LogP contribution in [0.3, 0.4) is 0 Å². The number of rotatable bonds is 6. The molecule has 0 aliphatic heterocycles. The first-order chi connectivity index (χ1) is 12.8. The molecule has 0 saturated carbocycles. The third-order valence-electron chi connectivity index (χ3n) is 4.81. The summed E-state index contributed by atoms with van der Waals surface area (Å²) in [5.41, 5.74) is 3.24. The number of hydrogen-bond acceptors (Lipinski definition) is 3. The molecular formula is C23H27NO3. The van der Waals surface area contributed by atoms with Gasteiger partial charge in [0, 0.05) is 29.7 Å². The van der Waals surface area contributed by atoms with Crippen molar-refractivity contribution in [2.45, 2.75) is 45.4 Å². The highest BCUT2D eigenvalue weighted by Gasteiger charge is 2.35.